The largest absolute Gasteiger partial charge is 0.489 e. The van der Waals surface area contributed by atoms with Crippen LogP contribution in [0.25, 0.3) is 11.0 Å². The third-order valence-corrected chi connectivity index (χ3v) is 5.45. The Bertz CT molecular complexity index is 1110. The second kappa shape index (κ2) is 4.95. The standard InChI is InChI=1S/C20H14O7/c1-22-20-12-5-16-17(26-9-25-16)7-15(12)24-8-18(20)27-14-6-13-10(2-3-23-13)4-11(14)19(20)21/h2-7,18H,8-9H2,1H3. The van der Waals surface area contributed by atoms with Crippen LogP contribution in [0.15, 0.2) is 41.0 Å². The number of hydrogen-bond acceptors (Lipinski definition) is 7. The lowest BCUT2D eigenvalue weighted by Crippen LogP contribution is -2.58. The van der Waals surface area contributed by atoms with Crippen LogP contribution in [-0.4, -0.2) is 32.4 Å². The second-order valence-corrected chi connectivity index (χ2v) is 6.69. The zero-order valence-corrected chi connectivity index (χ0v) is 14.3. The molecule has 2 aromatic carbocycles. The topological polar surface area (TPSA) is 76.4 Å². The highest BCUT2D eigenvalue weighted by molar-refractivity contribution is 6.09. The van der Waals surface area contributed by atoms with E-state index in [1.54, 1.807) is 30.5 Å². The van der Waals surface area contributed by atoms with Crippen molar-refractivity contribution in [3.8, 4) is 23.0 Å². The molecule has 0 saturated heterocycles. The third kappa shape index (κ3) is 1.77. The fraction of sp³-hybridized carbons (Fsp3) is 0.250. The van der Waals surface area contributed by atoms with Crippen LogP contribution in [0.5, 0.6) is 23.0 Å². The number of carbonyl (C=O) groups excluding carboxylic acids is 1. The molecule has 0 fully saturated rings. The highest BCUT2D eigenvalue weighted by atomic mass is 16.7. The van der Waals surface area contributed by atoms with Gasteiger partial charge in [0.05, 0.1) is 11.8 Å². The van der Waals surface area contributed by atoms with Gasteiger partial charge in [-0.2, -0.15) is 0 Å². The van der Waals surface area contributed by atoms with Crippen LogP contribution < -0.4 is 18.9 Å². The maximum Gasteiger partial charge on any atom is 0.231 e. The van der Waals surface area contributed by atoms with Crippen LogP contribution >= 0.6 is 0 Å². The number of carbonyl (C=O) groups is 1. The number of rotatable bonds is 1. The quantitative estimate of drug-likeness (QED) is 0.655. The van der Waals surface area contributed by atoms with Crippen molar-refractivity contribution in [1.82, 2.24) is 0 Å². The number of hydrogen-bond donors (Lipinski definition) is 0. The van der Waals surface area contributed by atoms with Gasteiger partial charge in [0, 0.05) is 30.2 Å². The number of ketones is 1. The first-order valence-corrected chi connectivity index (χ1v) is 8.55. The molecule has 0 aliphatic carbocycles. The molecule has 0 saturated carbocycles. The van der Waals surface area contributed by atoms with Crippen LogP contribution in [0.4, 0.5) is 0 Å². The van der Waals surface area contributed by atoms with Crippen LogP contribution in [-0.2, 0) is 10.3 Å². The van der Waals surface area contributed by atoms with Gasteiger partial charge in [-0.1, -0.05) is 0 Å². The van der Waals surface area contributed by atoms with Crippen molar-refractivity contribution in [3.05, 3.63) is 47.7 Å². The van der Waals surface area contributed by atoms with Gasteiger partial charge in [0.1, 0.15) is 23.7 Å². The van der Waals surface area contributed by atoms with E-state index >= 15 is 0 Å². The second-order valence-electron chi connectivity index (χ2n) is 6.69. The van der Waals surface area contributed by atoms with Crippen LogP contribution in [0, 0.1) is 0 Å². The highest BCUT2D eigenvalue weighted by Crippen LogP contribution is 2.51. The fourth-order valence-electron chi connectivity index (χ4n) is 4.13. The normalized spacial score (nSPS) is 24.6. The lowest BCUT2D eigenvalue weighted by atomic mass is 9.77. The van der Waals surface area contributed by atoms with E-state index in [0.717, 1.165) is 5.39 Å². The monoisotopic (exact) mass is 366 g/mol. The summed E-state index contributed by atoms with van der Waals surface area (Å²) in [4.78, 5) is 13.7. The van der Waals surface area contributed by atoms with Gasteiger partial charge < -0.3 is 28.1 Å². The predicted molar refractivity (Wildman–Crippen MR) is 91.7 cm³/mol. The van der Waals surface area contributed by atoms with Gasteiger partial charge in [0.2, 0.25) is 12.6 Å². The Morgan fingerprint density at radius 2 is 1.89 bits per heavy atom. The molecule has 7 nitrogen and oxygen atoms in total. The number of fused-ring (bicyclic) bond motifs is 6. The molecule has 3 aliphatic heterocycles. The Morgan fingerprint density at radius 3 is 2.74 bits per heavy atom. The molecule has 2 unspecified atom stereocenters. The lowest BCUT2D eigenvalue weighted by molar-refractivity contribution is -0.102. The Morgan fingerprint density at radius 1 is 1.04 bits per heavy atom. The van der Waals surface area contributed by atoms with Crippen LogP contribution in [0.2, 0.25) is 0 Å². The minimum Gasteiger partial charge on any atom is -0.489 e. The van der Waals surface area contributed by atoms with Crippen LogP contribution in [0.3, 0.4) is 0 Å². The maximum atomic E-state index is 13.7. The van der Waals surface area contributed by atoms with E-state index in [-0.39, 0.29) is 19.2 Å². The number of furan rings is 1. The van der Waals surface area contributed by atoms with Gasteiger partial charge in [-0.15, -0.1) is 0 Å². The summed E-state index contributed by atoms with van der Waals surface area (Å²) in [5, 5.41) is 0.827. The van der Waals surface area contributed by atoms with Crippen molar-refractivity contribution in [2.24, 2.45) is 0 Å². The Balaban J connectivity index is 1.60. The first-order chi connectivity index (χ1) is 13.2. The maximum absolute atomic E-state index is 13.7. The molecule has 0 spiro atoms. The van der Waals surface area contributed by atoms with Crippen molar-refractivity contribution in [1.29, 1.82) is 0 Å². The average Bonchev–Trinajstić information content (AvgIpc) is 3.33. The molecular weight excluding hydrogens is 352 g/mol. The van der Waals surface area contributed by atoms with Gasteiger partial charge in [-0.05, 0) is 18.2 Å². The minimum absolute atomic E-state index is 0.132. The number of ether oxygens (including phenoxy) is 5. The smallest absolute Gasteiger partial charge is 0.231 e. The lowest BCUT2D eigenvalue weighted by Gasteiger charge is -2.45. The molecule has 0 amide bonds. The van der Waals surface area contributed by atoms with E-state index < -0.39 is 11.7 Å². The SMILES string of the molecule is COC12C(=O)c3cc4ccoc4cc3OC1COc1cc3c(cc12)OCO3. The first kappa shape index (κ1) is 14.9. The molecular formula is C20H14O7. The molecule has 0 radical (unpaired) electrons. The predicted octanol–water partition coefficient (Wildman–Crippen LogP) is 3.04. The molecule has 0 N–H and O–H groups in total. The summed E-state index contributed by atoms with van der Waals surface area (Å²) < 4.78 is 34.2. The summed E-state index contributed by atoms with van der Waals surface area (Å²) in [6.07, 6.45) is 0.946. The van der Waals surface area contributed by atoms with Crippen molar-refractivity contribution in [2.45, 2.75) is 11.7 Å². The summed E-state index contributed by atoms with van der Waals surface area (Å²) >= 11 is 0. The van der Waals surface area contributed by atoms with E-state index in [2.05, 4.69) is 0 Å². The van der Waals surface area contributed by atoms with Gasteiger partial charge in [0.15, 0.2) is 23.2 Å². The Kier molecular flexibility index (Phi) is 2.74. The third-order valence-electron chi connectivity index (χ3n) is 5.45. The highest BCUT2D eigenvalue weighted by Gasteiger charge is 2.58. The summed E-state index contributed by atoms with van der Waals surface area (Å²) in [5.74, 6) is 1.96. The molecule has 4 heterocycles. The zero-order valence-electron chi connectivity index (χ0n) is 14.3. The minimum atomic E-state index is -1.32. The molecule has 27 heavy (non-hydrogen) atoms. The molecule has 3 aromatic rings. The number of Topliss-reactive ketones (excluding diaryl/α,β-unsaturated/α-hetero) is 1. The summed E-state index contributed by atoms with van der Waals surface area (Å²) in [6.45, 7) is 0.301. The van der Waals surface area contributed by atoms with E-state index in [1.165, 1.54) is 7.11 Å². The molecule has 7 heteroatoms. The van der Waals surface area contributed by atoms with E-state index in [0.29, 0.717) is 39.7 Å². The van der Waals surface area contributed by atoms with Gasteiger partial charge in [-0.3, -0.25) is 4.79 Å². The Hall–Kier alpha value is -3.19. The molecule has 3 aliphatic rings. The van der Waals surface area contributed by atoms with Gasteiger partial charge >= 0.3 is 0 Å². The van der Waals surface area contributed by atoms with E-state index in [4.69, 9.17) is 28.1 Å². The molecule has 0 bridgehead atoms. The van der Waals surface area contributed by atoms with Crippen molar-refractivity contribution in [3.63, 3.8) is 0 Å². The zero-order chi connectivity index (χ0) is 18.2. The molecule has 136 valence electrons. The number of benzene rings is 2. The van der Waals surface area contributed by atoms with E-state index in [9.17, 15) is 4.79 Å². The van der Waals surface area contributed by atoms with Gasteiger partial charge in [0.25, 0.3) is 0 Å². The fourth-order valence-corrected chi connectivity index (χ4v) is 4.13. The molecule has 2 atom stereocenters. The average molecular weight is 366 g/mol. The Labute approximate surface area is 153 Å². The van der Waals surface area contributed by atoms with Gasteiger partial charge in [-0.25, -0.2) is 0 Å². The van der Waals surface area contributed by atoms with E-state index in [1.807, 2.05) is 6.07 Å². The van der Waals surface area contributed by atoms with Crippen molar-refractivity contribution in [2.75, 3.05) is 20.5 Å². The molecule has 1 aromatic heterocycles. The first-order valence-electron chi connectivity index (χ1n) is 8.55. The summed E-state index contributed by atoms with van der Waals surface area (Å²) in [5.41, 5.74) is 0.367. The van der Waals surface area contributed by atoms with Crippen LogP contribution in [0.1, 0.15) is 15.9 Å². The molecule has 6 rings (SSSR count). The summed E-state index contributed by atoms with van der Waals surface area (Å²) in [7, 11) is 1.51. The summed E-state index contributed by atoms with van der Waals surface area (Å²) in [6, 6.07) is 8.80. The van der Waals surface area contributed by atoms with Crippen molar-refractivity contribution >= 4 is 16.8 Å². The van der Waals surface area contributed by atoms with Crippen molar-refractivity contribution < 1.29 is 32.9 Å². The number of methoxy groups -OCH3 is 1.